The highest BCUT2D eigenvalue weighted by molar-refractivity contribution is 7.92. The summed E-state index contributed by atoms with van der Waals surface area (Å²) in [5, 5.41) is 11.8. The molecule has 1 unspecified atom stereocenters. The minimum absolute atomic E-state index is 0.0573. The Balaban J connectivity index is 1.64. The number of rotatable bonds is 12. The van der Waals surface area contributed by atoms with Gasteiger partial charge in [0.2, 0.25) is 15.3 Å². The van der Waals surface area contributed by atoms with Crippen LogP contribution in [0.2, 0.25) is 0 Å². The number of ether oxygens (including phenoxy) is 1. The van der Waals surface area contributed by atoms with Crippen molar-refractivity contribution < 1.29 is 49.5 Å². The van der Waals surface area contributed by atoms with Crippen molar-refractivity contribution in [3.63, 3.8) is 0 Å². The van der Waals surface area contributed by atoms with Gasteiger partial charge in [-0.3, -0.25) is 0 Å². The number of amides is 2. The van der Waals surface area contributed by atoms with E-state index in [1.165, 1.54) is 60.7 Å². The average Bonchev–Trinajstić information content (AvgIpc) is 3.02. The van der Waals surface area contributed by atoms with Crippen molar-refractivity contribution in [2.45, 2.75) is 47.3 Å². The lowest BCUT2D eigenvalue weighted by Crippen LogP contribution is -2.34. The van der Waals surface area contributed by atoms with E-state index >= 15 is 0 Å². The molecule has 3 N–H and O–H groups in total. The highest BCUT2D eigenvalue weighted by Crippen LogP contribution is 2.25. The number of carboxylic acids is 1. The molecule has 2 amide bonds. The maximum Gasteiger partial charge on any atom is 0.339 e. The minimum Gasteiger partial charge on any atom is -0.478 e. The standard InChI is InChI=1S/C33H32N2O11S3/c1-21-10-12-27(13-11-21)49(44,45)35-33(39)34-26-19-24(31(36)37)18-25(20-26)32(38)46-30(48(42,43)29-9-5-7-23(3)17-29)14-15-47(40,41)28-8-4-6-22(2)16-28/h4-13,16-20,30H,14-15H2,1-3H3,(H,36,37)(H2,34,35,39). The summed E-state index contributed by atoms with van der Waals surface area (Å²) in [6.45, 7) is 5.06. The van der Waals surface area contributed by atoms with Crippen molar-refractivity contribution in [2.75, 3.05) is 11.1 Å². The Labute approximate surface area is 283 Å². The third-order valence-electron chi connectivity index (χ3n) is 7.11. The van der Waals surface area contributed by atoms with Crippen molar-refractivity contribution in [3.05, 3.63) is 119 Å². The van der Waals surface area contributed by atoms with Crippen molar-refractivity contribution in [2.24, 2.45) is 0 Å². The number of aryl methyl sites for hydroxylation is 3. The molecule has 1 atom stereocenters. The fourth-order valence-electron chi connectivity index (χ4n) is 4.58. The first-order valence-corrected chi connectivity index (χ1v) is 19.2. The summed E-state index contributed by atoms with van der Waals surface area (Å²) >= 11 is 0. The summed E-state index contributed by atoms with van der Waals surface area (Å²) < 4.78 is 86.2. The first kappa shape index (κ1) is 36.8. The highest BCUT2D eigenvalue weighted by Gasteiger charge is 2.34. The first-order valence-electron chi connectivity index (χ1n) is 14.5. The van der Waals surface area contributed by atoms with Crippen LogP contribution in [0.4, 0.5) is 10.5 Å². The highest BCUT2D eigenvalue weighted by atomic mass is 32.2. The molecule has 4 aromatic carbocycles. The van der Waals surface area contributed by atoms with E-state index in [9.17, 15) is 44.7 Å². The molecular weight excluding hydrogens is 697 g/mol. The van der Waals surface area contributed by atoms with Gasteiger partial charge in [-0.05, 0) is 86.5 Å². The van der Waals surface area contributed by atoms with Gasteiger partial charge in [0.25, 0.3) is 10.0 Å². The molecule has 0 saturated heterocycles. The topological polar surface area (TPSA) is 207 Å². The smallest absolute Gasteiger partial charge is 0.339 e. The van der Waals surface area contributed by atoms with Gasteiger partial charge < -0.3 is 15.2 Å². The molecule has 0 aliphatic carbocycles. The Bertz CT molecular complexity index is 2250. The second-order valence-electron chi connectivity index (χ2n) is 11.1. The van der Waals surface area contributed by atoms with E-state index in [0.29, 0.717) is 11.1 Å². The number of sulfonamides is 1. The fourth-order valence-corrected chi connectivity index (χ4v) is 8.62. The van der Waals surface area contributed by atoms with Crippen LogP contribution in [0.15, 0.2) is 106 Å². The molecule has 4 rings (SSSR count). The number of nitrogens with one attached hydrogen (secondary N) is 2. The number of urea groups is 1. The Kier molecular flexibility index (Phi) is 11.0. The number of sulfone groups is 2. The molecule has 258 valence electrons. The number of aromatic carboxylic acids is 1. The second-order valence-corrected chi connectivity index (χ2v) is 17.0. The largest absolute Gasteiger partial charge is 0.478 e. The van der Waals surface area contributed by atoms with E-state index in [1.807, 2.05) is 0 Å². The lowest BCUT2D eigenvalue weighted by molar-refractivity contribution is 0.0439. The number of carbonyl (C=O) groups excluding carboxylic acids is 2. The molecule has 49 heavy (non-hydrogen) atoms. The third-order valence-corrected chi connectivity index (χ3v) is 12.1. The van der Waals surface area contributed by atoms with Gasteiger partial charge >= 0.3 is 18.0 Å². The number of hydrogen-bond acceptors (Lipinski definition) is 10. The molecule has 13 nitrogen and oxygen atoms in total. The Morgan fingerprint density at radius 3 is 1.86 bits per heavy atom. The normalized spacial score (nSPS) is 12.5. The van der Waals surface area contributed by atoms with Gasteiger partial charge in [0.15, 0.2) is 9.84 Å². The SMILES string of the molecule is Cc1ccc(S(=O)(=O)NC(=O)Nc2cc(C(=O)O)cc(C(=O)OC(CCS(=O)(=O)c3cccc(C)c3)S(=O)(=O)c3cccc(C)c3)c2)cc1. The van der Waals surface area contributed by atoms with Crippen molar-refractivity contribution in [1.29, 1.82) is 0 Å². The van der Waals surface area contributed by atoms with Gasteiger partial charge in [0.05, 0.1) is 31.6 Å². The summed E-state index contributed by atoms with van der Waals surface area (Å²) in [6.07, 6.45) is -0.679. The first-order chi connectivity index (χ1) is 22.9. The maximum absolute atomic E-state index is 13.7. The van der Waals surface area contributed by atoms with E-state index in [0.717, 1.165) is 23.8 Å². The van der Waals surface area contributed by atoms with Gasteiger partial charge in [0.1, 0.15) is 0 Å². The van der Waals surface area contributed by atoms with Crippen molar-refractivity contribution in [3.8, 4) is 0 Å². The zero-order chi connectivity index (χ0) is 36.1. The van der Waals surface area contributed by atoms with E-state index in [-0.39, 0.29) is 20.4 Å². The van der Waals surface area contributed by atoms with Crippen molar-refractivity contribution >= 4 is 53.4 Å². The molecule has 16 heteroatoms. The summed E-state index contributed by atoms with van der Waals surface area (Å²) in [5.74, 6) is -3.62. The molecule has 0 spiro atoms. The van der Waals surface area contributed by atoms with Crippen LogP contribution in [0, 0.1) is 20.8 Å². The molecular formula is C33H32N2O11S3. The Morgan fingerprint density at radius 1 is 0.694 bits per heavy atom. The zero-order valence-corrected chi connectivity index (χ0v) is 28.9. The van der Waals surface area contributed by atoms with Crippen LogP contribution in [0.1, 0.15) is 43.8 Å². The van der Waals surface area contributed by atoms with E-state index < -0.39 is 76.4 Å². The lowest BCUT2D eigenvalue weighted by Gasteiger charge is -2.19. The second kappa shape index (κ2) is 14.6. The van der Waals surface area contributed by atoms with Crippen LogP contribution in [-0.2, 0) is 34.4 Å². The van der Waals surface area contributed by atoms with Crippen LogP contribution >= 0.6 is 0 Å². The predicted molar refractivity (Wildman–Crippen MR) is 179 cm³/mol. The summed E-state index contributed by atoms with van der Waals surface area (Å²) in [4.78, 5) is 37.4. The molecule has 0 saturated carbocycles. The molecule has 0 aliphatic heterocycles. The molecule has 4 aromatic rings. The quantitative estimate of drug-likeness (QED) is 0.171. The maximum atomic E-state index is 13.7. The molecule has 0 aromatic heterocycles. The van der Waals surface area contributed by atoms with Gasteiger partial charge in [0, 0.05) is 12.1 Å². The van der Waals surface area contributed by atoms with Crippen molar-refractivity contribution in [1.82, 2.24) is 4.72 Å². The van der Waals surface area contributed by atoms with Crippen LogP contribution in [0.25, 0.3) is 0 Å². The molecule has 0 bridgehead atoms. The predicted octanol–water partition coefficient (Wildman–Crippen LogP) is 4.64. The van der Waals surface area contributed by atoms with Gasteiger partial charge in [-0.1, -0.05) is 42.0 Å². The molecule has 0 aliphatic rings. The molecule has 0 fully saturated rings. The zero-order valence-electron chi connectivity index (χ0n) is 26.4. The lowest BCUT2D eigenvalue weighted by atomic mass is 10.1. The third kappa shape index (κ3) is 9.31. The number of carbonyl (C=O) groups is 3. The molecule has 0 heterocycles. The van der Waals surface area contributed by atoms with Crippen LogP contribution < -0.4 is 10.0 Å². The summed E-state index contributed by atoms with van der Waals surface area (Å²) in [7, 11) is -12.9. The van der Waals surface area contributed by atoms with Gasteiger partial charge in [-0.15, -0.1) is 0 Å². The number of esters is 1. The van der Waals surface area contributed by atoms with Crippen LogP contribution in [0.5, 0.6) is 0 Å². The average molecular weight is 729 g/mol. The number of anilines is 1. The van der Waals surface area contributed by atoms with E-state index in [1.54, 1.807) is 37.6 Å². The van der Waals surface area contributed by atoms with Gasteiger partial charge in [-0.25, -0.2) is 44.4 Å². The van der Waals surface area contributed by atoms with Crippen LogP contribution in [0.3, 0.4) is 0 Å². The Morgan fingerprint density at radius 2 is 1.27 bits per heavy atom. The molecule has 0 radical (unpaired) electrons. The fraction of sp³-hybridized carbons (Fsp3) is 0.182. The minimum atomic E-state index is -4.51. The van der Waals surface area contributed by atoms with E-state index in [2.05, 4.69) is 5.32 Å². The monoisotopic (exact) mass is 728 g/mol. The number of carboxylic acid groups (broad SMARTS) is 1. The number of benzene rings is 4. The Hall–Kier alpha value is -5.06. The van der Waals surface area contributed by atoms with E-state index in [4.69, 9.17) is 4.74 Å². The summed E-state index contributed by atoms with van der Waals surface area (Å²) in [5.41, 5.74) is -1.45. The number of hydrogen-bond donors (Lipinski definition) is 3. The van der Waals surface area contributed by atoms with Gasteiger partial charge in [-0.2, -0.15) is 0 Å². The summed E-state index contributed by atoms with van der Waals surface area (Å²) in [6, 6.07) is 18.7. The van der Waals surface area contributed by atoms with Crippen LogP contribution in [-0.4, -0.2) is 59.5 Å².